The molecule has 0 unspecified atom stereocenters. The van der Waals surface area contributed by atoms with Gasteiger partial charge in [0.05, 0.1) is 34.2 Å². The summed E-state index contributed by atoms with van der Waals surface area (Å²) < 4.78 is 25.5. The molecule has 164 valence electrons. The lowest BCUT2D eigenvalue weighted by Gasteiger charge is -2.34. The van der Waals surface area contributed by atoms with E-state index in [-0.39, 0.29) is 17.3 Å². The standard InChI is InChI=1S/C25H25N3O3S/c1-25(2)20-12-17(15-28-8-10-32(30,31)11-9-28)5-6-18(20)23(29)22-19-7-4-16(14-26)13-21(19)27(3)24(22)25/h4-7,12-13H,8-11,15H2,1-3H3. The summed E-state index contributed by atoms with van der Waals surface area (Å²) in [5, 5.41) is 10.2. The van der Waals surface area contributed by atoms with Gasteiger partial charge in [0, 0.05) is 48.7 Å². The summed E-state index contributed by atoms with van der Waals surface area (Å²) in [6.07, 6.45) is 0. The third-order valence-electron chi connectivity index (χ3n) is 6.99. The van der Waals surface area contributed by atoms with Crippen LogP contribution in [0.1, 0.15) is 52.2 Å². The summed E-state index contributed by atoms with van der Waals surface area (Å²) in [5.74, 6) is 0.415. The van der Waals surface area contributed by atoms with Gasteiger partial charge in [-0.1, -0.05) is 38.1 Å². The average molecular weight is 448 g/mol. The van der Waals surface area contributed by atoms with Gasteiger partial charge in [-0.15, -0.1) is 0 Å². The van der Waals surface area contributed by atoms with Crippen molar-refractivity contribution in [3.63, 3.8) is 0 Å². The van der Waals surface area contributed by atoms with Crippen molar-refractivity contribution in [3.05, 3.63) is 69.9 Å². The van der Waals surface area contributed by atoms with E-state index in [0.717, 1.165) is 33.3 Å². The second-order valence-electron chi connectivity index (χ2n) is 9.39. The highest BCUT2D eigenvalue weighted by Crippen LogP contribution is 2.45. The van der Waals surface area contributed by atoms with E-state index in [1.54, 1.807) is 6.07 Å². The molecule has 1 aliphatic heterocycles. The number of rotatable bonds is 2. The van der Waals surface area contributed by atoms with Gasteiger partial charge in [0.1, 0.15) is 0 Å². The molecule has 5 rings (SSSR count). The first-order valence-electron chi connectivity index (χ1n) is 10.8. The topological polar surface area (TPSA) is 83.2 Å². The third-order valence-corrected chi connectivity index (χ3v) is 8.60. The Morgan fingerprint density at radius 2 is 1.81 bits per heavy atom. The molecule has 2 aromatic carbocycles. The Bertz CT molecular complexity index is 1430. The fourth-order valence-electron chi connectivity index (χ4n) is 5.30. The molecule has 0 saturated carbocycles. The zero-order valence-electron chi connectivity index (χ0n) is 18.5. The fourth-order valence-corrected chi connectivity index (χ4v) is 6.58. The highest BCUT2D eigenvalue weighted by molar-refractivity contribution is 7.91. The van der Waals surface area contributed by atoms with E-state index in [2.05, 4.69) is 35.5 Å². The number of nitriles is 1. The summed E-state index contributed by atoms with van der Waals surface area (Å²) in [6, 6.07) is 13.7. The minimum Gasteiger partial charge on any atom is -0.346 e. The number of hydrogen-bond donors (Lipinski definition) is 0. The molecule has 0 amide bonds. The maximum atomic E-state index is 13.6. The molecule has 3 aromatic rings. The van der Waals surface area contributed by atoms with Crippen molar-refractivity contribution >= 4 is 26.5 Å². The van der Waals surface area contributed by atoms with E-state index < -0.39 is 15.3 Å². The molecule has 7 heteroatoms. The zero-order valence-corrected chi connectivity index (χ0v) is 19.3. The summed E-state index contributed by atoms with van der Waals surface area (Å²) in [6.45, 7) is 6.02. The number of nitrogens with zero attached hydrogens (tertiary/aromatic N) is 3. The molecule has 1 aromatic heterocycles. The summed E-state index contributed by atoms with van der Waals surface area (Å²) in [7, 11) is -0.955. The van der Waals surface area contributed by atoms with Crippen LogP contribution in [0.15, 0.2) is 36.4 Å². The molecule has 1 fully saturated rings. The lowest BCUT2D eigenvalue weighted by Crippen LogP contribution is -2.39. The highest BCUT2D eigenvalue weighted by Gasteiger charge is 2.41. The van der Waals surface area contributed by atoms with Gasteiger partial charge in [-0.25, -0.2) is 8.42 Å². The van der Waals surface area contributed by atoms with Crippen molar-refractivity contribution < 1.29 is 13.2 Å². The molecule has 0 bridgehead atoms. The molecule has 1 aliphatic carbocycles. The fraction of sp³-hybridized carbons (Fsp3) is 0.360. The number of aryl methyl sites for hydroxylation is 1. The van der Waals surface area contributed by atoms with E-state index in [0.29, 0.717) is 30.8 Å². The molecule has 0 spiro atoms. The Kier molecular flexibility index (Phi) is 4.59. The zero-order chi connectivity index (χ0) is 22.8. The molecule has 6 nitrogen and oxygen atoms in total. The molecule has 2 aliphatic rings. The van der Waals surface area contributed by atoms with Crippen molar-refractivity contribution in [2.24, 2.45) is 7.05 Å². The van der Waals surface area contributed by atoms with Crippen molar-refractivity contribution in [2.45, 2.75) is 25.8 Å². The largest absolute Gasteiger partial charge is 0.346 e. The quantitative estimate of drug-likeness (QED) is 0.603. The maximum Gasteiger partial charge on any atom is 0.195 e. The van der Waals surface area contributed by atoms with Crippen LogP contribution in [-0.4, -0.2) is 48.3 Å². The number of aromatic nitrogens is 1. The summed E-state index contributed by atoms with van der Waals surface area (Å²) >= 11 is 0. The van der Waals surface area contributed by atoms with E-state index in [1.165, 1.54) is 0 Å². The normalized spacial score (nSPS) is 19.4. The van der Waals surface area contributed by atoms with Crippen molar-refractivity contribution in [1.82, 2.24) is 9.47 Å². The number of carbonyl (C=O) groups is 1. The monoisotopic (exact) mass is 447 g/mol. The van der Waals surface area contributed by atoms with Crippen molar-refractivity contribution in [2.75, 3.05) is 24.6 Å². The Morgan fingerprint density at radius 3 is 2.50 bits per heavy atom. The van der Waals surface area contributed by atoms with Crippen LogP contribution in [0.25, 0.3) is 10.9 Å². The van der Waals surface area contributed by atoms with Crippen LogP contribution in [0.2, 0.25) is 0 Å². The van der Waals surface area contributed by atoms with E-state index >= 15 is 0 Å². The van der Waals surface area contributed by atoms with Gasteiger partial charge in [0.2, 0.25) is 0 Å². The first kappa shape index (κ1) is 20.9. The molecule has 0 radical (unpaired) electrons. The van der Waals surface area contributed by atoms with Crippen LogP contribution < -0.4 is 0 Å². The second-order valence-corrected chi connectivity index (χ2v) is 11.7. The predicted molar refractivity (Wildman–Crippen MR) is 124 cm³/mol. The van der Waals surface area contributed by atoms with Crippen LogP contribution in [0.5, 0.6) is 0 Å². The lowest BCUT2D eigenvalue weighted by atomic mass is 9.70. The van der Waals surface area contributed by atoms with Crippen LogP contribution in [0, 0.1) is 11.3 Å². The van der Waals surface area contributed by atoms with Crippen LogP contribution in [0.3, 0.4) is 0 Å². The van der Waals surface area contributed by atoms with Gasteiger partial charge in [0.25, 0.3) is 0 Å². The first-order chi connectivity index (χ1) is 15.1. The Labute approximate surface area is 188 Å². The number of hydrogen-bond acceptors (Lipinski definition) is 5. The molecule has 0 atom stereocenters. The van der Waals surface area contributed by atoms with Crippen LogP contribution in [-0.2, 0) is 28.8 Å². The van der Waals surface area contributed by atoms with Crippen LogP contribution in [0.4, 0.5) is 0 Å². The van der Waals surface area contributed by atoms with Crippen LogP contribution >= 0.6 is 0 Å². The van der Waals surface area contributed by atoms with E-state index in [4.69, 9.17) is 0 Å². The van der Waals surface area contributed by atoms with Crippen molar-refractivity contribution in [3.8, 4) is 6.07 Å². The van der Waals surface area contributed by atoms with Crippen molar-refractivity contribution in [1.29, 1.82) is 5.26 Å². The summed E-state index contributed by atoms with van der Waals surface area (Å²) in [5.41, 5.74) is 5.52. The second kappa shape index (κ2) is 7.03. The Balaban J connectivity index is 1.58. The molecule has 0 N–H and O–H groups in total. The van der Waals surface area contributed by atoms with Gasteiger partial charge < -0.3 is 4.57 Å². The molecule has 1 saturated heterocycles. The van der Waals surface area contributed by atoms with Gasteiger partial charge >= 0.3 is 0 Å². The number of benzene rings is 2. The highest BCUT2D eigenvalue weighted by atomic mass is 32.2. The number of ketones is 1. The number of fused-ring (bicyclic) bond motifs is 4. The molecular formula is C25H25N3O3S. The minimum absolute atomic E-state index is 0.0141. The summed E-state index contributed by atoms with van der Waals surface area (Å²) in [4.78, 5) is 15.8. The predicted octanol–water partition coefficient (Wildman–Crippen LogP) is 3.15. The van der Waals surface area contributed by atoms with Gasteiger partial charge in [-0.05, 0) is 23.3 Å². The molecule has 2 heterocycles. The van der Waals surface area contributed by atoms with Gasteiger partial charge in [-0.2, -0.15) is 5.26 Å². The minimum atomic E-state index is -2.91. The lowest BCUT2D eigenvalue weighted by molar-refractivity contribution is 0.103. The van der Waals surface area contributed by atoms with Gasteiger partial charge in [-0.3, -0.25) is 9.69 Å². The van der Waals surface area contributed by atoms with Gasteiger partial charge in [0.15, 0.2) is 15.6 Å². The maximum absolute atomic E-state index is 13.6. The van der Waals surface area contributed by atoms with E-state index in [1.807, 2.05) is 31.3 Å². The molecular weight excluding hydrogens is 422 g/mol. The third kappa shape index (κ3) is 3.09. The number of sulfone groups is 1. The smallest absolute Gasteiger partial charge is 0.195 e. The van der Waals surface area contributed by atoms with E-state index in [9.17, 15) is 18.5 Å². The number of carbonyl (C=O) groups excluding carboxylic acids is 1. The average Bonchev–Trinajstić information content (AvgIpc) is 3.07. The SMILES string of the molecule is Cn1c2c(c3ccc(C#N)cc31)C(=O)c1ccc(CN3CCS(=O)(=O)CC3)cc1C2(C)C. The molecule has 32 heavy (non-hydrogen) atoms. The first-order valence-corrected chi connectivity index (χ1v) is 12.6. The Hall–Kier alpha value is -2.95. The Morgan fingerprint density at radius 1 is 1.09 bits per heavy atom.